The van der Waals surface area contributed by atoms with Gasteiger partial charge in [0.1, 0.15) is 0 Å². The van der Waals surface area contributed by atoms with Crippen molar-refractivity contribution in [1.29, 1.82) is 0 Å². The van der Waals surface area contributed by atoms with E-state index in [4.69, 9.17) is 21.1 Å². The Bertz CT molecular complexity index is 840. The Kier molecular flexibility index (Phi) is 5.32. The molecule has 1 N–H and O–H groups in total. The highest BCUT2D eigenvalue weighted by Crippen LogP contribution is 2.33. The van der Waals surface area contributed by atoms with Crippen LogP contribution in [0.4, 0.5) is 5.69 Å². The number of anilines is 1. The van der Waals surface area contributed by atoms with Gasteiger partial charge in [0.25, 0.3) is 5.91 Å². The average Bonchev–Trinajstić information content (AvgIpc) is 3.01. The van der Waals surface area contributed by atoms with Crippen molar-refractivity contribution in [3.8, 4) is 11.5 Å². The third-order valence-electron chi connectivity index (χ3n) is 4.26. The minimum atomic E-state index is -0.292. The molecule has 0 saturated carbocycles. The number of carbonyl (C=O) groups is 2. The second kappa shape index (κ2) is 7.66. The highest BCUT2D eigenvalue weighted by molar-refractivity contribution is 6.33. The van der Waals surface area contributed by atoms with Crippen molar-refractivity contribution in [2.24, 2.45) is 0 Å². The van der Waals surface area contributed by atoms with E-state index >= 15 is 0 Å². The standard InChI is InChI=1S/C19H19ClN2O4/c1-25-16-8-7-13(10-17(16)26-2)22-11-12(9-18(22)23)21-19(24)14-5-3-4-6-15(14)20/h3-8,10,12H,9,11H2,1-2H3,(H,21,24)/t12-/m1/s1. The molecule has 0 unspecified atom stereocenters. The summed E-state index contributed by atoms with van der Waals surface area (Å²) < 4.78 is 10.5. The zero-order chi connectivity index (χ0) is 18.7. The lowest BCUT2D eigenvalue weighted by Crippen LogP contribution is -2.37. The van der Waals surface area contributed by atoms with Crippen molar-refractivity contribution in [2.45, 2.75) is 12.5 Å². The summed E-state index contributed by atoms with van der Waals surface area (Å²) >= 11 is 6.06. The van der Waals surface area contributed by atoms with Crippen LogP contribution in [0.3, 0.4) is 0 Å². The van der Waals surface area contributed by atoms with Crippen LogP contribution >= 0.6 is 11.6 Å². The number of methoxy groups -OCH3 is 2. The third kappa shape index (κ3) is 3.60. The van der Waals surface area contributed by atoms with Gasteiger partial charge in [-0.1, -0.05) is 23.7 Å². The van der Waals surface area contributed by atoms with Gasteiger partial charge < -0.3 is 19.7 Å². The number of hydrogen-bond acceptors (Lipinski definition) is 4. The molecule has 2 amide bonds. The quantitative estimate of drug-likeness (QED) is 0.873. The Labute approximate surface area is 156 Å². The molecule has 1 aliphatic rings. The summed E-state index contributed by atoms with van der Waals surface area (Å²) in [5.74, 6) is 0.775. The van der Waals surface area contributed by atoms with Gasteiger partial charge in [-0.2, -0.15) is 0 Å². The molecule has 2 aromatic rings. The van der Waals surface area contributed by atoms with Gasteiger partial charge in [-0.25, -0.2) is 0 Å². The fourth-order valence-electron chi connectivity index (χ4n) is 2.96. The molecular weight excluding hydrogens is 356 g/mol. The van der Waals surface area contributed by atoms with Gasteiger partial charge in [-0.3, -0.25) is 9.59 Å². The van der Waals surface area contributed by atoms with Crippen LogP contribution in [0.25, 0.3) is 0 Å². The number of amides is 2. The van der Waals surface area contributed by atoms with Gasteiger partial charge in [0, 0.05) is 24.7 Å². The Hall–Kier alpha value is -2.73. The first kappa shape index (κ1) is 18.1. The minimum absolute atomic E-state index is 0.0679. The van der Waals surface area contributed by atoms with Crippen molar-refractivity contribution in [1.82, 2.24) is 5.32 Å². The van der Waals surface area contributed by atoms with Gasteiger partial charge >= 0.3 is 0 Å². The molecule has 7 heteroatoms. The first-order valence-corrected chi connectivity index (χ1v) is 8.49. The van der Waals surface area contributed by atoms with Crippen LogP contribution in [0.2, 0.25) is 5.02 Å². The normalized spacial score (nSPS) is 16.5. The highest BCUT2D eigenvalue weighted by Gasteiger charge is 2.32. The third-order valence-corrected chi connectivity index (χ3v) is 4.59. The van der Waals surface area contributed by atoms with E-state index in [1.54, 1.807) is 61.6 Å². The highest BCUT2D eigenvalue weighted by atomic mass is 35.5. The summed E-state index contributed by atoms with van der Waals surface area (Å²) in [6, 6.07) is 11.8. The lowest BCUT2D eigenvalue weighted by atomic mass is 10.2. The maximum absolute atomic E-state index is 12.4. The molecule has 1 atom stereocenters. The number of nitrogens with one attached hydrogen (secondary N) is 1. The second-order valence-corrected chi connectivity index (χ2v) is 6.31. The first-order valence-electron chi connectivity index (χ1n) is 8.11. The van der Waals surface area contributed by atoms with Gasteiger partial charge in [0.05, 0.1) is 30.8 Å². The van der Waals surface area contributed by atoms with E-state index in [0.29, 0.717) is 34.3 Å². The van der Waals surface area contributed by atoms with Crippen molar-refractivity contribution >= 4 is 29.1 Å². The van der Waals surface area contributed by atoms with E-state index in [1.165, 1.54) is 0 Å². The molecule has 1 fully saturated rings. The van der Waals surface area contributed by atoms with Gasteiger partial charge in [-0.05, 0) is 24.3 Å². The van der Waals surface area contributed by atoms with Crippen LogP contribution in [-0.4, -0.2) is 38.6 Å². The van der Waals surface area contributed by atoms with E-state index in [2.05, 4.69) is 5.32 Å². The number of nitrogens with zero attached hydrogens (tertiary/aromatic N) is 1. The summed E-state index contributed by atoms with van der Waals surface area (Å²) in [5.41, 5.74) is 1.09. The lowest BCUT2D eigenvalue weighted by molar-refractivity contribution is -0.117. The summed E-state index contributed by atoms with van der Waals surface area (Å²) in [5, 5.41) is 3.26. The molecule has 26 heavy (non-hydrogen) atoms. The number of ether oxygens (including phenoxy) is 2. The fraction of sp³-hybridized carbons (Fsp3) is 0.263. The zero-order valence-corrected chi connectivity index (χ0v) is 15.2. The molecule has 3 rings (SSSR count). The maximum Gasteiger partial charge on any atom is 0.253 e. The van der Waals surface area contributed by atoms with Crippen molar-refractivity contribution in [3.63, 3.8) is 0 Å². The molecule has 1 saturated heterocycles. The van der Waals surface area contributed by atoms with E-state index in [0.717, 1.165) is 0 Å². The van der Waals surface area contributed by atoms with Crippen LogP contribution in [0.1, 0.15) is 16.8 Å². The average molecular weight is 375 g/mol. The monoisotopic (exact) mass is 374 g/mol. The van der Waals surface area contributed by atoms with Crippen molar-refractivity contribution in [2.75, 3.05) is 25.7 Å². The molecular formula is C19H19ClN2O4. The van der Waals surface area contributed by atoms with E-state index in [-0.39, 0.29) is 24.3 Å². The lowest BCUT2D eigenvalue weighted by Gasteiger charge is -2.19. The largest absolute Gasteiger partial charge is 0.493 e. The summed E-state index contributed by atoms with van der Waals surface area (Å²) in [6.07, 6.45) is 0.227. The number of benzene rings is 2. The van der Waals surface area contributed by atoms with Crippen LogP contribution in [0, 0.1) is 0 Å². The molecule has 0 aliphatic carbocycles. The van der Waals surface area contributed by atoms with Crippen LogP contribution in [0.5, 0.6) is 11.5 Å². The maximum atomic E-state index is 12.4. The van der Waals surface area contributed by atoms with E-state index < -0.39 is 0 Å². The molecule has 1 heterocycles. The minimum Gasteiger partial charge on any atom is -0.493 e. The first-order chi connectivity index (χ1) is 12.5. The fourth-order valence-corrected chi connectivity index (χ4v) is 3.18. The summed E-state index contributed by atoms with van der Waals surface area (Å²) in [6.45, 7) is 0.379. The van der Waals surface area contributed by atoms with Gasteiger partial charge in [0.2, 0.25) is 5.91 Å². The van der Waals surface area contributed by atoms with Gasteiger partial charge in [0.15, 0.2) is 11.5 Å². The van der Waals surface area contributed by atoms with Gasteiger partial charge in [-0.15, -0.1) is 0 Å². The Balaban J connectivity index is 1.73. The topological polar surface area (TPSA) is 67.9 Å². The van der Waals surface area contributed by atoms with E-state index in [9.17, 15) is 9.59 Å². The number of rotatable bonds is 5. The van der Waals surface area contributed by atoms with Crippen LogP contribution in [-0.2, 0) is 4.79 Å². The molecule has 1 aliphatic heterocycles. The Morgan fingerprint density at radius 3 is 2.58 bits per heavy atom. The summed E-state index contributed by atoms with van der Waals surface area (Å²) in [7, 11) is 3.10. The predicted octanol–water partition coefficient (Wildman–Crippen LogP) is 2.89. The van der Waals surface area contributed by atoms with Crippen LogP contribution in [0.15, 0.2) is 42.5 Å². The SMILES string of the molecule is COc1ccc(N2C[C@H](NC(=O)c3ccccc3Cl)CC2=O)cc1OC. The van der Waals surface area contributed by atoms with Crippen molar-refractivity contribution in [3.05, 3.63) is 53.1 Å². The zero-order valence-electron chi connectivity index (χ0n) is 14.5. The summed E-state index contributed by atoms with van der Waals surface area (Å²) in [4.78, 5) is 26.4. The van der Waals surface area contributed by atoms with Crippen LogP contribution < -0.4 is 19.7 Å². The molecule has 0 spiro atoms. The molecule has 136 valence electrons. The Morgan fingerprint density at radius 1 is 1.15 bits per heavy atom. The number of hydrogen-bond donors (Lipinski definition) is 1. The Morgan fingerprint density at radius 2 is 1.88 bits per heavy atom. The number of carbonyl (C=O) groups excluding carboxylic acids is 2. The predicted molar refractivity (Wildman–Crippen MR) is 99.2 cm³/mol. The molecule has 6 nitrogen and oxygen atoms in total. The molecule has 0 bridgehead atoms. The molecule has 0 aromatic heterocycles. The number of halogens is 1. The molecule has 0 radical (unpaired) electrons. The molecule has 2 aromatic carbocycles. The smallest absolute Gasteiger partial charge is 0.253 e. The second-order valence-electron chi connectivity index (χ2n) is 5.90. The van der Waals surface area contributed by atoms with E-state index in [1.807, 2.05) is 0 Å². The van der Waals surface area contributed by atoms with Crippen molar-refractivity contribution < 1.29 is 19.1 Å².